The third-order valence-corrected chi connectivity index (χ3v) is 4.14. The Morgan fingerprint density at radius 1 is 1.00 bits per heavy atom. The molecular weight excluding hydrogens is 334 g/mol. The first-order valence-electron chi connectivity index (χ1n) is 8.40. The minimum Gasteiger partial charge on any atom is -0.462 e. The second-order valence-electron chi connectivity index (χ2n) is 6.16. The standard InChI is InChI=1S/C20H23NO5/c1-6-25-20(24)17-13(4)18(21-14(17)5)16(22)10-26-19(23)15-9-11(2)7-8-12(15)3/h7-9,21H,6,10H2,1-5H3. The van der Waals surface area contributed by atoms with Crippen molar-refractivity contribution in [1.82, 2.24) is 4.98 Å². The van der Waals surface area contributed by atoms with Gasteiger partial charge >= 0.3 is 11.9 Å². The molecule has 0 bridgehead atoms. The maximum Gasteiger partial charge on any atom is 0.340 e. The van der Waals surface area contributed by atoms with E-state index in [0.29, 0.717) is 22.4 Å². The van der Waals surface area contributed by atoms with Gasteiger partial charge in [-0.1, -0.05) is 17.7 Å². The molecule has 1 aromatic carbocycles. The zero-order chi connectivity index (χ0) is 19.4. The smallest absolute Gasteiger partial charge is 0.340 e. The van der Waals surface area contributed by atoms with Gasteiger partial charge in [0.05, 0.1) is 23.4 Å². The largest absolute Gasteiger partial charge is 0.462 e. The molecule has 138 valence electrons. The van der Waals surface area contributed by atoms with E-state index < -0.39 is 24.3 Å². The Morgan fingerprint density at radius 2 is 1.69 bits per heavy atom. The quantitative estimate of drug-likeness (QED) is 0.632. The van der Waals surface area contributed by atoms with Crippen molar-refractivity contribution in [1.29, 1.82) is 0 Å². The molecule has 2 rings (SSSR count). The molecule has 0 aliphatic carbocycles. The van der Waals surface area contributed by atoms with Crippen LogP contribution >= 0.6 is 0 Å². The van der Waals surface area contributed by atoms with E-state index in [1.807, 2.05) is 26.0 Å². The number of ketones is 1. The van der Waals surface area contributed by atoms with Gasteiger partial charge in [0, 0.05) is 5.69 Å². The van der Waals surface area contributed by atoms with Gasteiger partial charge in [-0.15, -0.1) is 0 Å². The molecule has 26 heavy (non-hydrogen) atoms. The average molecular weight is 357 g/mol. The summed E-state index contributed by atoms with van der Waals surface area (Å²) in [5.41, 5.74) is 3.78. The van der Waals surface area contributed by atoms with E-state index in [4.69, 9.17) is 9.47 Å². The fraction of sp³-hybridized carbons (Fsp3) is 0.350. The van der Waals surface area contributed by atoms with Crippen molar-refractivity contribution < 1.29 is 23.9 Å². The van der Waals surface area contributed by atoms with Crippen molar-refractivity contribution in [2.75, 3.05) is 13.2 Å². The number of rotatable bonds is 6. The van der Waals surface area contributed by atoms with E-state index in [2.05, 4.69) is 4.98 Å². The summed E-state index contributed by atoms with van der Waals surface area (Å²) in [6.07, 6.45) is 0. The lowest BCUT2D eigenvalue weighted by Crippen LogP contribution is -2.16. The van der Waals surface area contributed by atoms with Gasteiger partial charge in [0.1, 0.15) is 0 Å². The normalized spacial score (nSPS) is 10.5. The van der Waals surface area contributed by atoms with Gasteiger partial charge in [0.15, 0.2) is 6.61 Å². The number of nitrogens with one attached hydrogen (secondary N) is 1. The number of Topliss-reactive ketones (excluding diaryl/α,β-unsaturated/α-hetero) is 1. The van der Waals surface area contributed by atoms with E-state index in [-0.39, 0.29) is 12.3 Å². The number of hydrogen-bond donors (Lipinski definition) is 1. The topological polar surface area (TPSA) is 85.5 Å². The molecule has 1 N–H and O–H groups in total. The number of hydrogen-bond acceptors (Lipinski definition) is 5. The monoisotopic (exact) mass is 357 g/mol. The third-order valence-electron chi connectivity index (χ3n) is 4.14. The Bertz CT molecular complexity index is 863. The molecule has 0 saturated heterocycles. The van der Waals surface area contributed by atoms with Crippen molar-refractivity contribution in [3.8, 4) is 0 Å². The highest BCUT2D eigenvalue weighted by molar-refractivity contribution is 6.03. The van der Waals surface area contributed by atoms with Crippen LogP contribution in [0.15, 0.2) is 18.2 Å². The highest BCUT2D eigenvalue weighted by atomic mass is 16.5. The van der Waals surface area contributed by atoms with Gasteiger partial charge in [-0.05, 0) is 51.8 Å². The average Bonchev–Trinajstić information content (AvgIpc) is 2.89. The molecule has 0 spiro atoms. The van der Waals surface area contributed by atoms with Crippen LogP contribution in [0.3, 0.4) is 0 Å². The number of aromatic amines is 1. The van der Waals surface area contributed by atoms with E-state index in [0.717, 1.165) is 11.1 Å². The summed E-state index contributed by atoms with van der Waals surface area (Å²) in [6, 6.07) is 5.46. The first-order chi connectivity index (χ1) is 12.3. The second kappa shape index (κ2) is 7.99. The lowest BCUT2D eigenvalue weighted by Gasteiger charge is -2.07. The van der Waals surface area contributed by atoms with E-state index in [1.165, 1.54) is 0 Å². The molecule has 0 saturated carbocycles. The van der Waals surface area contributed by atoms with Gasteiger partial charge in [0.2, 0.25) is 5.78 Å². The van der Waals surface area contributed by atoms with Crippen LogP contribution in [-0.4, -0.2) is 35.9 Å². The fourth-order valence-corrected chi connectivity index (χ4v) is 2.78. The van der Waals surface area contributed by atoms with Crippen LogP contribution in [0.5, 0.6) is 0 Å². The predicted molar refractivity (Wildman–Crippen MR) is 96.8 cm³/mol. The number of ether oxygens (including phenoxy) is 2. The Kier molecular flexibility index (Phi) is 5.97. The molecular formula is C20H23NO5. The maximum atomic E-state index is 12.4. The minimum absolute atomic E-state index is 0.249. The van der Waals surface area contributed by atoms with Crippen molar-refractivity contribution in [2.24, 2.45) is 0 Å². The number of H-pyrrole nitrogens is 1. The molecule has 0 unspecified atom stereocenters. The van der Waals surface area contributed by atoms with Crippen LogP contribution in [0.4, 0.5) is 0 Å². The molecule has 0 aliphatic heterocycles. The van der Waals surface area contributed by atoms with Crippen molar-refractivity contribution >= 4 is 17.7 Å². The summed E-state index contributed by atoms with van der Waals surface area (Å²) in [7, 11) is 0. The summed E-state index contributed by atoms with van der Waals surface area (Å²) in [4.78, 5) is 39.6. The molecule has 6 nitrogen and oxygen atoms in total. The molecule has 1 aromatic heterocycles. The number of aryl methyl sites for hydroxylation is 3. The number of esters is 2. The summed E-state index contributed by atoms with van der Waals surface area (Å²) < 4.78 is 10.2. The van der Waals surface area contributed by atoms with Crippen LogP contribution in [-0.2, 0) is 9.47 Å². The fourth-order valence-electron chi connectivity index (χ4n) is 2.78. The number of carbonyl (C=O) groups is 3. The van der Waals surface area contributed by atoms with Crippen LogP contribution in [0.2, 0.25) is 0 Å². The summed E-state index contributed by atoms with van der Waals surface area (Å²) in [5.74, 6) is -1.43. The molecule has 6 heteroatoms. The van der Waals surface area contributed by atoms with E-state index in [9.17, 15) is 14.4 Å². The van der Waals surface area contributed by atoms with Gasteiger partial charge in [-0.2, -0.15) is 0 Å². The van der Waals surface area contributed by atoms with E-state index >= 15 is 0 Å². The summed E-state index contributed by atoms with van der Waals surface area (Å²) >= 11 is 0. The van der Waals surface area contributed by atoms with Crippen molar-refractivity contribution in [2.45, 2.75) is 34.6 Å². The molecule has 0 amide bonds. The maximum absolute atomic E-state index is 12.4. The zero-order valence-corrected chi connectivity index (χ0v) is 15.7. The first kappa shape index (κ1) is 19.4. The highest BCUT2D eigenvalue weighted by Gasteiger charge is 2.23. The molecule has 0 atom stereocenters. The SMILES string of the molecule is CCOC(=O)c1c(C)[nH]c(C(=O)COC(=O)c2cc(C)ccc2C)c1C. The minimum atomic E-state index is -0.550. The Morgan fingerprint density at radius 3 is 2.35 bits per heavy atom. The predicted octanol–water partition coefficient (Wildman–Crippen LogP) is 3.46. The van der Waals surface area contributed by atoms with Crippen LogP contribution < -0.4 is 0 Å². The van der Waals surface area contributed by atoms with Gasteiger partial charge in [-0.25, -0.2) is 9.59 Å². The van der Waals surface area contributed by atoms with Gasteiger partial charge < -0.3 is 14.5 Å². The third kappa shape index (κ3) is 4.02. The molecule has 0 radical (unpaired) electrons. The first-order valence-corrected chi connectivity index (χ1v) is 8.40. The van der Waals surface area contributed by atoms with Crippen LogP contribution in [0, 0.1) is 27.7 Å². The number of aromatic nitrogens is 1. The van der Waals surface area contributed by atoms with Crippen molar-refractivity contribution in [3.63, 3.8) is 0 Å². The van der Waals surface area contributed by atoms with Crippen LogP contribution in [0.1, 0.15) is 60.5 Å². The zero-order valence-electron chi connectivity index (χ0n) is 15.7. The second-order valence-corrected chi connectivity index (χ2v) is 6.16. The summed E-state index contributed by atoms with van der Waals surface area (Å²) in [5, 5.41) is 0. The molecule has 1 heterocycles. The van der Waals surface area contributed by atoms with E-state index in [1.54, 1.807) is 26.8 Å². The molecule has 0 aliphatic rings. The molecule has 2 aromatic rings. The summed E-state index contributed by atoms with van der Waals surface area (Å²) in [6.45, 7) is 8.60. The Labute approximate surface area is 152 Å². The van der Waals surface area contributed by atoms with Crippen LogP contribution in [0.25, 0.3) is 0 Å². The van der Waals surface area contributed by atoms with Gasteiger partial charge in [-0.3, -0.25) is 4.79 Å². The highest BCUT2D eigenvalue weighted by Crippen LogP contribution is 2.20. The van der Waals surface area contributed by atoms with Crippen molar-refractivity contribution in [3.05, 3.63) is 57.4 Å². The Balaban J connectivity index is 2.13. The molecule has 0 fully saturated rings. The Hall–Kier alpha value is -2.89. The number of benzene rings is 1. The lowest BCUT2D eigenvalue weighted by atomic mass is 10.1. The lowest BCUT2D eigenvalue weighted by molar-refractivity contribution is 0.0471. The number of carbonyl (C=O) groups excluding carboxylic acids is 3. The van der Waals surface area contributed by atoms with Gasteiger partial charge in [0.25, 0.3) is 0 Å².